The molecule has 4 aromatic carbocycles. The van der Waals surface area contributed by atoms with Crippen molar-refractivity contribution in [2.24, 2.45) is 0 Å². The highest BCUT2D eigenvalue weighted by molar-refractivity contribution is 7.28. The van der Waals surface area contributed by atoms with E-state index >= 15 is 0 Å². The number of hydrogen-bond acceptors (Lipinski definition) is 3. The van der Waals surface area contributed by atoms with Crippen molar-refractivity contribution in [1.82, 2.24) is 0 Å². The van der Waals surface area contributed by atoms with E-state index in [2.05, 4.69) is 120 Å². The molecule has 7 aromatic rings. The van der Waals surface area contributed by atoms with Gasteiger partial charge in [-0.2, -0.15) is 0 Å². The van der Waals surface area contributed by atoms with E-state index in [4.69, 9.17) is 0 Å². The molecule has 164 valence electrons. The standard InChI is InChI=1S/C32H18S3/c1-2-9-23-20-21(15-17-22(23)8-1)16-18-25-24-10-3-5-12-27(24)34-31(25)30-26-11-4-6-13-28(26)35-32(30)29-14-7-19-33-29/h1-15,17,19-20H. The molecule has 0 aliphatic rings. The minimum Gasteiger partial charge on any atom is -0.143 e. The molecule has 0 amide bonds. The average Bonchev–Trinajstić information content (AvgIpc) is 3.64. The second kappa shape index (κ2) is 8.52. The van der Waals surface area contributed by atoms with Gasteiger partial charge in [-0.3, -0.25) is 0 Å². The zero-order valence-electron chi connectivity index (χ0n) is 18.6. The van der Waals surface area contributed by atoms with Crippen molar-refractivity contribution in [2.45, 2.75) is 0 Å². The first-order valence-electron chi connectivity index (χ1n) is 11.4. The third kappa shape index (κ3) is 3.59. The second-order valence-electron chi connectivity index (χ2n) is 8.39. The Hall–Kier alpha value is -3.68. The lowest BCUT2D eigenvalue weighted by Crippen LogP contribution is -1.81. The molecule has 3 heterocycles. The maximum atomic E-state index is 3.61. The van der Waals surface area contributed by atoms with Gasteiger partial charge in [0.05, 0.1) is 15.3 Å². The van der Waals surface area contributed by atoms with Gasteiger partial charge in [0.1, 0.15) is 0 Å². The van der Waals surface area contributed by atoms with Crippen LogP contribution in [-0.4, -0.2) is 0 Å². The Kier molecular flexibility index (Phi) is 5.03. The summed E-state index contributed by atoms with van der Waals surface area (Å²) < 4.78 is 2.59. The molecule has 0 spiro atoms. The van der Waals surface area contributed by atoms with Gasteiger partial charge in [0.25, 0.3) is 0 Å². The van der Waals surface area contributed by atoms with Gasteiger partial charge in [-0.1, -0.05) is 84.6 Å². The molecule has 0 aliphatic heterocycles. The van der Waals surface area contributed by atoms with Crippen LogP contribution in [0.1, 0.15) is 11.1 Å². The van der Waals surface area contributed by atoms with Crippen molar-refractivity contribution < 1.29 is 0 Å². The van der Waals surface area contributed by atoms with Gasteiger partial charge in [0, 0.05) is 36.2 Å². The van der Waals surface area contributed by atoms with E-state index < -0.39 is 0 Å². The number of thiophene rings is 3. The van der Waals surface area contributed by atoms with Crippen LogP contribution < -0.4 is 0 Å². The first-order chi connectivity index (χ1) is 17.3. The molecule has 0 saturated heterocycles. The number of hydrogen-bond donors (Lipinski definition) is 0. The Bertz CT molecular complexity index is 1900. The molecular weight excluding hydrogens is 481 g/mol. The predicted molar refractivity (Wildman–Crippen MR) is 156 cm³/mol. The topological polar surface area (TPSA) is 0 Å². The monoisotopic (exact) mass is 498 g/mol. The summed E-state index contributed by atoms with van der Waals surface area (Å²) in [5.74, 6) is 7.11. The first kappa shape index (κ1) is 20.7. The maximum Gasteiger partial charge on any atom is 0.0542 e. The molecule has 0 atom stereocenters. The van der Waals surface area contributed by atoms with Crippen molar-refractivity contribution in [3.63, 3.8) is 0 Å². The molecule has 0 bridgehead atoms. The third-order valence-electron chi connectivity index (χ3n) is 6.24. The lowest BCUT2D eigenvalue weighted by Gasteiger charge is -2.03. The molecule has 0 aliphatic carbocycles. The molecular formula is C32H18S3. The van der Waals surface area contributed by atoms with Gasteiger partial charge in [-0.25, -0.2) is 0 Å². The molecule has 7 rings (SSSR count). The highest BCUT2D eigenvalue weighted by Crippen LogP contribution is 2.50. The smallest absolute Gasteiger partial charge is 0.0542 e. The van der Waals surface area contributed by atoms with Gasteiger partial charge in [-0.15, -0.1) is 34.0 Å². The fraction of sp³-hybridized carbons (Fsp3) is 0. The summed E-state index contributed by atoms with van der Waals surface area (Å²) in [6.45, 7) is 0. The molecule has 0 saturated carbocycles. The van der Waals surface area contributed by atoms with E-state index in [1.165, 1.54) is 51.1 Å². The Labute approximate surface area is 215 Å². The summed E-state index contributed by atoms with van der Waals surface area (Å²) in [4.78, 5) is 3.91. The predicted octanol–water partition coefficient (Wildman–Crippen LogP) is 10.1. The Morgan fingerprint density at radius 1 is 0.543 bits per heavy atom. The van der Waals surface area contributed by atoms with E-state index in [-0.39, 0.29) is 0 Å². The molecule has 3 aromatic heterocycles. The highest BCUT2D eigenvalue weighted by atomic mass is 32.1. The minimum absolute atomic E-state index is 1.04. The summed E-state index contributed by atoms with van der Waals surface area (Å²) in [5.41, 5.74) is 3.48. The first-order valence-corrected chi connectivity index (χ1v) is 13.9. The van der Waals surface area contributed by atoms with Crippen LogP contribution in [0.15, 0.2) is 109 Å². The Morgan fingerprint density at radius 2 is 1.26 bits per heavy atom. The third-order valence-corrected chi connectivity index (χ3v) is 9.65. The van der Waals surface area contributed by atoms with Crippen LogP contribution in [0.4, 0.5) is 0 Å². The van der Waals surface area contributed by atoms with Crippen LogP contribution in [0.5, 0.6) is 0 Å². The van der Waals surface area contributed by atoms with E-state index in [0.29, 0.717) is 0 Å². The SMILES string of the molecule is C(#Cc1c(-c2c(-c3cccs3)sc3ccccc23)sc2ccccc12)c1ccc2ccccc2c1. The van der Waals surface area contributed by atoms with Crippen LogP contribution in [0.25, 0.3) is 51.1 Å². The number of benzene rings is 4. The van der Waals surface area contributed by atoms with E-state index in [0.717, 1.165) is 11.1 Å². The summed E-state index contributed by atoms with van der Waals surface area (Å²) in [7, 11) is 0. The van der Waals surface area contributed by atoms with Crippen LogP contribution in [-0.2, 0) is 0 Å². The molecule has 0 radical (unpaired) electrons. The molecule has 0 unspecified atom stereocenters. The fourth-order valence-corrected chi connectivity index (χ4v) is 7.96. The summed E-state index contributed by atoms with van der Waals surface area (Å²) in [6, 6.07) is 36.7. The normalized spacial score (nSPS) is 11.2. The lowest BCUT2D eigenvalue weighted by atomic mass is 10.0. The molecule has 3 heteroatoms. The Balaban J connectivity index is 1.49. The number of rotatable bonds is 2. The lowest BCUT2D eigenvalue weighted by molar-refractivity contribution is 1.69. The van der Waals surface area contributed by atoms with Crippen LogP contribution in [0.2, 0.25) is 0 Å². The minimum atomic E-state index is 1.04. The van der Waals surface area contributed by atoms with Crippen molar-refractivity contribution in [3.8, 4) is 32.0 Å². The van der Waals surface area contributed by atoms with E-state index in [1.54, 1.807) is 11.3 Å². The van der Waals surface area contributed by atoms with Crippen LogP contribution >= 0.6 is 34.0 Å². The molecule has 0 N–H and O–H groups in total. The zero-order valence-corrected chi connectivity index (χ0v) is 21.1. The van der Waals surface area contributed by atoms with Gasteiger partial charge in [0.15, 0.2) is 0 Å². The second-order valence-corrected chi connectivity index (χ2v) is 11.4. The largest absolute Gasteiger partial charge is 0.143 e. The van der Waals surface area contributed by atoms with Gasteiger partial charge < -0.3 is 0 Å². The van der Waals surface area contributed by atoms with Crippen LogP contribution in [0, 0.1) is 11.8 Å². The van der Waals surface area contributed by atoms with Gasteiger partial charge in [0.2, 0.25) is 0 Å². The fourth-order valence-electron chi connectivity index (χ4n) is 4.60. The van der Waals surface area contributed by atoms with Crippen molar-refractivity contribution in [2.75, 3.05) is 0 Å². The highest BCUT2D eigenvalue weighted by Gasteiger charge is 2.21. The number of fused-ring (bicyclic) bond motifs is 3. The zero-order chi connectivity index (χ0) is 23.2. The maximum absolute atomic E-state index is 3.61. The van der Waals surface area contributed by atoms with Crippen LogP contribution in [0.3, 0.4) is 0 Å². The van der Waals surface area contributed by atoms with Crippen molar-refractivity contribution in [3.05, 3.63) is 120 Å². The van der Waals surface area contributed by atoms with Crippen molar-refractivity contribution in [1.29, 1.82) is 0 Å². The quantitative estimate of drug-likeness (QED) is 0.208. The Morgan fingerprint density at radius 3 is 2.09 bits per heavy atom. The molecule has 0 nitrogen and oxygen atoms in total. The summed E-state index contributed by atoms with van der Waals surface area (Å²) in [5, 5.41) is 7.16. The summed E-state index contributed by atoms with van der Waals surface area (Å²) in [6.07, 6.45) is 0. The van der Waals surface area contributed by atoms with Crippen molar-refractivity contribution >= 4 is 65.0 Å². The van der Waals surface area contributed by atoms with Gasteiger partial charge in [-0.05, 0) is 46.5 Å². The average molecular weight is 499 g/mol. The summed E-state index contributed by atoms with van der Waals surface area (Å²) >= 11 is 5.54. The van der Waals surface area contributed by atoms with Gasteiger partial charge >= 0.3 is 0 Å². The molecule has 35 heavy (non-hydrogen) atoms. The van der Waals surface area contributed by atoms with E-state index in [1.807, 2.05) is 22.7 Å². The molecule has 0 fully saturated rings. The van der Waals surface area contributed by atoms with E-state index in [9.17, 15) is 0 Å².